The molecule has 1 aromatic carbocycles. The Hall–Kier alpha value is -1.09. The summed E-state index contributed by atoms with van der Waals surface area (Å²) in [5, 5.41) is 9.75. The van der Waals surface area contributed by atoms with Crippen LogP contribution in [0.1, 0.15) is 38.7 Å². The molecule has 0 spiro atoms. The second-order valence-electron chi connectivity index (χ2n) is 6.07. The molecule has 2 nitrogen and oxygen atoms in total. The van der Waals surface area contributed by atoms with E-state index in [1.54, 1.807) is 0 Å². The van der Waals surface area contributed by atoms with E-state index >= 15 is 0 Å². The average Bonchev–Trinajstić information content (AvgIpc) is 2.46. The van der Waals surface area contributed by atoms with Gasteiger partial charge in [-0.2, -0.15) is 0 Å². The predicted octanol–water partition coefficient (Wildman–Crippen LogP) is 3.54. The Morgan fingerprint density at radius 3 is 2.83 bits per heavy atom. The maximum absolute atomic E-state index is 13.2. The van der Waals surface area contributed by atoms with Gasteiger partial charge >= 0.3 is 0 Å². The van der Waals surface area contributed by atoms with Crippen molar-refractivity contribution in [2.75, 3.05) is 13.1 Å². The molecule has 18 heavy (non-hydrogen) atoms. The highest BCUT2D eigenvalue weighted by atomic mass is 19.1. The van der Waals surface area contributed by atoms with Crippen molar-refractivity contribution in [2.45, 2.75) is 39.7 Å². The molecule has 1 saturated heterocycles. The lowest BCUT2D eigenvalue weighted by Gasteiger charge is -2.23. The van der Waals surface area contributed by atoms with Gasteiger partial charge in [-0.3, -0.25) is 4.90 Å². The zero-order chi connectivity index (χ0) is 13.2. The molecule has 0 aliphatic carbocycles. The molecule has 1 aromatic rings. The molecule has 2 rings (SSSR count). The monoisotopic (exact) mass is 251 g/mol. The number of aromatic hydroxyl groups is 1. The first-order valence-electron chi connectivity index (χ1n) is 6.66. The van der Waals surface area contributed by atoms with Crippen molar-refractivity contribution in [3.63, 3.8) is 0 Å². The summed E-state index contributed by atoms with van der Waals surface area (Å²) in [6.45, 7) is 7.29. The molecular formula is C15H22FNO. The third-order valence-electron chi connectivity index (χ3n) is 3.87. The smallest absolute Gasteiger partial charge is 0.123 e. The first-order chi connectivity index (χ1) is 8.46. The number of phenolic OH excluding ortho intramolecular Hbond substituents is 1. The summed E-state index contributed by atoms with van der Waals surface area (Å²) in [5.74, 6) is -0.0853. The Morgan fingerprint density at radius 2 is 2.06 bits per heavy atom. The summed E-state index contributed by atoms with van der Waals surface area (Å²) in [6, 6.07) is 4.17. The van der Waals surface area contributed by atoms with E-state index in [-0.39, 0.29) is 11.6 Å². The third kappa shape index (κ3) is 3.45. The van der Waals surface area contributed by atoms with Crippen LogP contribution < -0.4 is 0 Å². The summed E-state index contributed by atoms with van der Waals surface area (Å²) < 4.78 is 13.2. The predicted molar refractivity (Wildman–Crippen MR) is 71.0 cm³/mol. The Labute approximate surface area is 108 Å². The van der Waals surface area contributed by atoms with Gasteiger partial charge < -0.3 is 5.11 Å². The van der Waals surface area contributed by atoms with Gasteiger partial charge in [0.2, 0.25) is 0 Å². The Morgan fingerprint density at radius 1 is 1.28 bits per heavy atom. The summed E-state index contributed by atoms with van der Waals surface area (Å²) >= 11 is 0. The Kier molecular flexibility index (Phi) is 3.91. The number of nitrogens with zero attached hydrogens (tertiary/aromatic N) is 1. The van der Waals surface area contributed by atoms with Crippen LogP contribution in [0.3, 0.4) is 0 Å². The molecule has 3 heteroatoms. The summed E-state index contributed by atoms with van der Waals surface area (Å²) in [5.41, 5.74) is 1.09. The standard InChI is InChI=1S/C15H22FNO/c1-15(2)6-3-8-17(9-7-15)11-12-10-13(16)4-5-14(12)18/h4-5,10,18H,3,6-9,11H2,1-2H3. The summed E-state index contributed by atoms with van der Waals surface area (Å²) in [4.78, 5) is 2.31. The first kappa shape index (κ1) is 13.3. The molecule has 1 aliphatic rings. The van der Waals surface area contributed by atoms with Crippen molar-refractivity contribution in [3.8, 4) is 5.75 Å². The van der Waals surface area contributed by atoms with Crippen LogP contribution in [-0.2, 0) is 6.54 Å². The maximum Gasteiger partial charge on any atom is 0.123 e. The van der Waals surface area contributed by atoms with Crippen molar-refractivity contribution in [1.29, 1.82) is 0 Å². The fourth-order valence-corrected chi connectivity index (χ4v) is 2.56. The minimum atomic E-state index is -0.280. The highest BCUT2D eigenvalue weighted by Gasteiger charge is 2.23. The van der Waals surface area contributed by atoms with Gasteiger partial charge in [-0.1, -0.05) is 13.8 Å². The van der Waals surface area contributed by atoms with Crippen LogP contribution in [0.5, 0.6) is 5.75 Å². The SMILES string of the molecule is CC1(C)CCCN(Cc2cc(F)ccc2O)CC1. The molecule has 0 bridgehead atoms. The van der Waals surface area contributed by atoms with Gasteiger partial charge in [-0.25, -0.2) is 4.39 Å². The van der Waals surface area contributed by atoms with Gasteiger partial charge in [-0.15, -0.1) is 0 Å². The van der Waals surface area contributed by atoms with Crippen molar-refractivity contribution < 1.29 is 9.50 Å². The van der Waals surface area contributed by atoms with Crippen molar-refractivity contribution in [2.24, 2.45) is 5.41 Å². The number of hydrogen-bond donors (Lipinski definition) is 1. The number of likely N-dealkylation sites (tertiary alicyclic amines) is 1. The lowest BCUT2D eigenvalue weighted by Crippen LogP contribution is -2.25. The van der Waals surface area contributed by atoms with E-state index in [1.807, 2.05) is 0 Å². The highest BCUT2D eigenvalue weighted by Crippen LogP contribution is 2.31. The largest absolute Gasteiger partial charge is 0.508 e. The zero-order valence-corrected chi connectivity index (χ0v) is 11.2. The fraction of sp³-hybridized carbons (Fsp3) is 0.600. The molecule has 0 amide bonds. The molecule has 0 atom stereocenters. The lowest BCUT2D eigenvalue weighted by molar-refractivity contribution is 0.253. The van der Waals surface area contributed by atoms with Crippen LogP contribution in [-0.4, -0.2) is 23.1 Å². The van der Waals surface area contributed by atoms with E-state index in [1.165, 1.54) is 31.0 Å². The van der Waals surface area contributed by atoms with E-state index < -0.39 is 0 Å². The Bertz CT molecular complexity index is 417. The highest BCUT2D eigenvalue weighted by molar-refractivity contribution is 5.32. The zero-order valence-electron chi connectivity index (χ0n) is 11.2. The van der Waals surface area contributed by atoms with E-state index in [9.17, 15) is 9.50 Å². The molecule has 0 unspecified atom stereocenters. The minimum Gasteiger partial charge on any atom is -0.508 e. The van der Waals surface area contributed by atoms with Gasteiger partial charge in [-0.05, 0) is 56.0 Å². The molecule has 1 fully saturated rings. The van der Waals surface area contributed by atoms with Crippen LogP contribution in [0.4, 0.5) is 4.39 Å². The molecule has 100 valence electrons. The topological polar surface area (TPSA) is 23.5 Å². The van der Waals surface area contributed by atoms with E-state index in [0.29, 0.717) is 17.5 Å². The maximum atomic E-state index is 13.2. The van der Waals surface area contributed by atoms with Crippen molar-refractivity contribution in [3.05, 3.63) is 29.6 Å². The number of phenols is 1. The fourth-order valence-electron chi connectivity index (χ4n) is 2.56. The number of hydrogen-bond acceptors (Lipinski definition) is 2. The van der Waals surface area contributed by atoms with Crippen LogP contribution in [0.2, 0.25) is 0 Å². The van der Waals surface area contributed by atoms with Gasteiger partial charge in [0, 0.05) is 12.1 Å². The number of halogens is 1. The van der Waals surface area contributed by atoms with Gasteiger partial charge in [0.25, 0.3) is 0 Å². The molecule has 0 radical (unpaired) electrons. The molecule has 0 saturated carbocycles. The molecule has 1 heterocycles. The van der Waals surface area contributed by atoms with Gasteiger partial charge in [0.15, 0.2) is 0 Å². The third-order valence-corrected chi connectivity index (χ3v) is 3.87. The van der Waals surface area contributed by atoms with Crippen LogP contribution in [0.15, 0.2) is 18.2 Å². The molecule has 1 N–H and O–H groups in total. The molecular weight excluding hydrogens is 229 g/mol. The molecule has 0 aromatic heterocycles. The lowest BCUT2D eigenvalue weighted by atomic mass is 9.85. The van der Waals surface area contributed by atoms with Crippen molar-refractivity contribution >= 4 is 0 Å². The van der Waals surface area contributed by atoms with Crippen LogP contribution in [0, 0.1) is 11.2 Å². The number of benzene rings is 1. The average molecular weight is 251 g/mol. The normalized spacial score (nSPS) is 20.6. The summed E-state index contributed by atoms with van der Waals surface area (Å²) in [7, 11) is 0. The minimum absolute atomic E-state index is 0.194. The second kappa shape index (κ2) is 5.27. The quantitative estimate of drug-likeness (QED) is 0.869. The van der Waals surface area contributed by atoms with Crippen molar-refractivity contribution in [1.82, 2.24) is 4.90 Å². The Balaban J connectivity index is 2.03. The number of rotatable bonds is 2. The second-order valence-corrected chi connectivity index (χ2v) is 6.07. The van der Waals surface area contributed by atoms with Gasteiger partial charge in [0.05, 0.1) is 0 Å². The first-order valence-corrected chi connectivity index (χ1v) is 6.66. The van der Waals surface area contributed by atoms with Crippen LogP contribution >= 0.6 is 0 Å². The van der Waals surface area contributed by atoms with E-state index in [0.717, 1.165) is 19.5 Å². The molecule has 1 aliphatic heterocycles. The summed E-state index contributed by atoms with van der Waals surface area (Å²) in [6.07, 6.45) is 3.56. The van der Waals surface area contributed by atoms with E-state index in [4.69, 9.17) is 0 Å². The van der Waals surface area contributed by atoms with E-state index in [2.05, 4.69) is 18.7 Å². The van der Waals surface area contributed by atoms with Gasteiger partial charge in [0.1, 0.15) is 11.6 Å². The van der Waals surface area contributed by atoms with Crippen LogP contribution in [0.25, 0.3) is 0 Å².